The van der Waals surface area contributed by atoms with E-state index in [-0.39, 0.29) is 5.75 Å². The number of methoxy groups -OCH3 is 2. The van der Waals surface area contributed by atoms with Crippen molar-refractivity contribution in [2.24, 2.45) is 0 Å². The highest BCUT2D eigenvalue weighted by atomic mass is 19.4. The molecule has 5 nitrogen and oxygen atoms in total. The van der Waals surface area contributed by atoms with Crippen LogP contribution in [-0.4, -0.2) is 45.5 Å². The number of halogens is 3. The minimum atomic E-state index is -4.32. The summed E-state index contributed by atoms with van der Waals surface area (Å²) in [7, 11) is 2.98. The molecular weight excluding hydrogens is 385 g/mol. The lowest BCUT2D eigenvalue weighted by Crippen LogP contribution is -3.27. The van der Waals surface area contributed by atoms with Crippen LogP contribution in [0.3, 0.4) is 0 Å². The number of rotatable bonds is 6. The van der Waals surface area contributed by atoms with Crippen LogP contribution in [0.15, 0.2) is 36.4 Å². The summed E-state index contributed by atoms with van der Waals surface area (Å²) in [5.41, 5.74) is 0.800. The maximum absolute atomic E-state index is 13.2. The summed E-state index contributed by atoms with van der Waals surface area (Å²) in [6.07, 6.45) is -4.32. The maximum atomic E-state index is 13.2. The van der Waals surface area contributed by atoms with Crippen LogP contribution in [0.5, 0.6) is 17.2 Å². The molecule has 3 rings (SSSR count). The van der Waals surface area contributed by atoms with Gasteiger partial charge in [-0.15, -0.1) is 0 Å². The summed E-state index contributed by atoms with van der Waals surface area (Å²) in [5, 5.41) is 10.0. The van der Waals surface area contributed by atoms with E-state index in [9.17, 15) is 18.3 Å². The van der Waals surface area contributed by atoms with Crippen LogP contribution in [0.2, 0.25) is 0 Å². The fourth-order valence-corrected chi connectivity index (χ4v) is 3.87. The van der Waals surface area contributed by atoms with Gasteiger partial charge in [0.2, 0.25) is 5.75 Å². The molecule has 158 valence electrons. The molecule has 3 N–H and O–H groups in total. The number of hydrogen-bond donors (Lipinski definition) is 3. The molecule has 0 atom stereocenters. The molecule has 2 aromatic rings. The molecule has 29 heavy (non-hydrogen) atoms. The molecule has 0 radical (unpaired) electrons. The van der Waals surface area contributed by atoms with Crippen molar-refractivity contribution >= 4 is 0 Å². The van der Waals surface area contributed by atoms with Gasteiger partial charge in [0, 0.05) is 11.1 Å². The summed E-state index contributed by atoms with van der Waals surface area (Å²) in [4.78, 5) is 2.50. The zero-order valence-corrected chi connectivity index (χ0v) is 16.6. The number of phenolic OH excluding ortho intramolecular Hbond substituents is 1. The van der Waals surface area contributed by atoms with Crippen molar-refractivity contribution in [3.63, 3.8) is 0 Å². The summed E-state index contributed by atoms with van der Waals surface area (Å²) < 4.78 is 50.0. The van der Waals surface area contributed by atoms with E-state index < -0.39 is 11.7 Å². The number of piperazine rings is 1. The molecule has 1 fully saturated rings. The molecule has 0 amide bonds. The number of hydrogen-bond acceptors (Lipinski definition) is 3. The van der Waals surface area contributed by atoms with Crippen molar-refractivity contribution in [2.45, 2.75) is 19.3 Å². The van der Waals surface area contributed by atoms with Crippen molar-refractivity contribution in [1.29, 1.82) is 0 Å². The molecule has 2 aromatic carbocycles. The first-order valence-corrected chi connectivity index (χ1v) is 9.58. The van der Waals surface area contributed by atoms with Crippen molar-refractivity contribution in [3.05, 3.63) is 53.1 Å². The van der Waals surface area contributed by atoms with Gasteiger partial charge in [0.15, 0.2) is 11.5 Å². The maximum Gasteiger partial charge on any atom is 0.416 e. The summed E-state index contributed by atoms with van der Waals surface area (Å²) in [6.45, 7) is 4.43. The molecule has 1 saturated heterocycles. The van der Waals surface area contributed by atoms with Crippen LogP contribution in [0.25, 0.3) is 0 Å². The number of aromatic hydroxyl groups is 1. The van der Waals surface area contributed by atoms with E-state index in [2.05, 4.69) is 0 Å². The van der Waals surface area contributed by atoms with E-state index in [1.165, 1.54) is 25.2 Å². The normalized spacial score (nSPS) is 19.8. The van der Waals surface area contributed by atoms with Gasteiger partial charge in [0.05, 0.1) is 19.8 Å². The highest BCUT2D eigenvalue weighted by Gasteiger charge is 2.34. The SMILES string of the molecule is COc1cc(C[NH+]2CC[NH+](Cc3ccccc3C(F)(F)F)CC2)cc(OC)c1O. The van der Waals surface area contributed by atoms with Crippen LogP contribution < -0.4 is 19.3 Å². The average molecular weight is 412 g/mol. The Morgan fingerprint density at radius 2 is 1.41 bits per heavy atom. The number of ether oxygens (including phenoxy) is 2. The Morgan fingerprint density at radius 1 is 0.897 bits per heavy atom. The second-order valence-corrected chi connectivity index (χ2v) is 7.36. The monoisotopic (exact) mass is 412 g/mol. The van der Waals surface area contributed by atoms with Gasteiger partial charge in [-0.25, -0.2) is 0 Å². The molecule has 0 aliphatic carbocycles. The minimum absolute atomic E-state index is 0.0219. The zero-order valence-electron chi connectivity index (χ0n) is 16.6. The molecule has 0 spiro atoms. The van der Waals surface area contributed by atoms with E-state index in [1.807, 2.05) is 0 Å². The Morgan fingerprint density at radius 3 is 1.93 bits per heavy atom. The predicted molar refractivity (Wildman–Crippen MR) is 101 cm³/mol. The first kappa shape index (κ1) is 21.3. The molecule has 0 saturated carbocycles. The van der Waals surface area contributed by atoms with Crippen LogP contribution in [0.1, 0.15) is 16.7 Å². The van der Waals surface area contributed by atoms with Crippen molar-refractivity contribution < 1.29 is 37.6 Å². The molecule has 1 heterocycles. The molecule has 0 unspecified atom stereocenters. The van der Waals surface area contributed by atoms with Crippen molar-refractivity contribution in [2.75, 3.05) is 40.4 Å². The van der Waals surface area contributed by atoms with Crippen LogP contribution in [0, 0.1) is 0 Å². The van der Waals surface area contributed by atoms with Gasteiger partial charge < -0.3 is 24.4 Å². The lowest BCUT2D eigenvalue weighted by atomic mass is 10.1. The Bertz CT molecular complexity index is 809. The van der Waals surface area contributed by atoms with Gasteiger partial charge in [0.1, 0.15) is 39.3 Å². The predicted octanol–water partition coefficient (Wildman–Crippen LogP) is 0.912. The third-order valence-corrected chi connectivity index (χ3v) is 5.42. The van der Waals surface area contributed by atoms with E-state index in [0.717, 1.165) is 49.3 Å². The number of quaternary nitrogens is 2. The lowest BCUT2D eigenvalue weighted by Gasteiger charge is -2.30. The first-order chi connectivity index (χ1) is 13.8. The van der Waals surface area contributed by atoms with Gasteiger partial charge in [-0.05, 0) is 18.2 Å². The van der Waals surface area contributed by atoms with Crippen LogP contribution in [0.4, 0.5) is 13.2 Å². The highest BCUT2D eigenvalue weighted by Crippen LogP contribution is 2.36. The lowest BCUT2D eigenvalue weighted by molar-refractivity contribution is -1.02. The molecule has 8 heteroatoms. The van der Waals surface area contributed by atoms with Crippen LogP contribution >= 0.6 is 0 Å². The van der Waals surface area contributed by atoms with E-state index in [4.69, 9.17) is 9.47 Å². The van der Waals surface area contributed by atoms with Gasteiger partial charge in [0.25, 0.3) is 0 Å². The second kappa shape index (κ2) is 8.92. The zero-order chi connectivity index (χ0) is 21.0. The second-order valence-electron chi connectivity index (χ2n) is 7.36. The van der Waals surface area contributed by atoms with Crippen molar-refractivity contribution in [1.82, 2.24) is 0 Å². The van der Waals surface area contributed by atoms with Crippen molar-refractivity contribution in [3.8, 4) is 17.2 Å². The van der Waals surface area contributed by atoms with Crippen LogP contribution in [-0.2, 0) is 19.3 Å². The fourth-order valence-electron chi connectivity index (χ4n) is 3.87. The Balaban J connectivity index is 1.61. The van der Waals surface area contributed by atoms with Gasteiger partial charge in [-0.2, -0.15) is 13.2 Å². The molecule has 0 aromatic heterocycles. The molecule has 0 bridgehead atoms. The largest absolute Gasteiger partial charge is 0.502 e. The van der Waals surface area contributed by atoms with E-state index in [0.29, 0.717) is 23.6 Å². The van der Waals surface area contributed by atoms with E-state index in [1.54, 1.807) is 24.3 Å². The van der Waals surface area contributed by atoms with Gasteiger partial charge in [-0.3, -0.25) is 0 Å². The third-order valence-electron chi connectivity index (χ3n) is 5.42. The first-order valence-electron chi connectivity index (χ1n) is 9.58. The Hall–Kier alpha value is -2.45. The Labute approximate surface area is 168 Å². The summed E-state index contributed by atoms with van der Waals surface area (Å²) >= 11 is 0. The fraction of sp³-hybridized carbons (Fsp3) is 0.429. The summed E-state index contributed by atoms with van der Waals surface area (Å²) in [5.74, 6) is 0.713. The average Bonchev–Trinajstić information content (AvgIpc) is 2.70. The topological polar surface area (TPSA) is 47.6 Å². The highest BCUT2D eigenvalue weighted by molar-refractivity contribution is 5.52. The molecule has 1 aliphatic heterocycles. The standard InChI is InChI=1S/C21H25F3N2O3/c1-28-18-11-15(12-19(29-2)20(18)27)13-25-7-9-26(10-8-25)14-16-5-3-4-6-17(16)21(22,23)24/h3-6,11-12,27H,7-10,13-14H2,1-2H3/p+2. The number of nitrogens with one attached hydrogen (secondary N) is 2. The number of phenols is 1. The smallest absolute Gasteiger partial charge is 0.416 e. The van der Waals surface area contributed by atoms with Gasteiger partial charge in [-0.1, -0.05) is 18.2 Å². The third kappa shape index (κ3) is 5.13. The minimum Gasteiger partial charge on any atom is -0.502 e. The quantitative estimate of drug-likeness (QED) is 0.661. The summed E-state index contributed by atoms with van der Waals surface area (Å²) in [6, 6.07) is 9.42. The molecular formula is C21H27F3N2O3+2. The number of alkyl halides is 3. The number of benzene rings is 2. The molecule has 1 aliphatic rings. The van der Waals surface area contributed by atoms with Gasteiger partial charge >= 0.3 is 6.18 Å². The Kier molecular flexibility index (Phi) is 6.54. The van der Waals surface area contributed by atoms with E-state index >= 15 is 0 Å².